The van der Waals surface area contributed by atoms with Crippen molar-refractivity contribution in [2.24, 2.45) is 0 Å². The SMILES string of the molecule is CN(C)C1(c2ccccc2)CCC2(CC1)C1=C(CCN2C(=O)c2cccs2)c2ccccc2C1. The molecule has 0 atom stereocenters. The minimum atomic E-state index is -0.192. The summed E-state index contributed by atoms with van der Waals surface area (Å²) in [5, 5.41) is 2.02. The molecule has 3 nitrogen and oxygen atoms in total. The minimum Gasteiger partial charge on any atom is -0.328 e. The molecule has 0 N–H and O–H groups in total. The average molecular weight is 469 g/mol. The van der Waals surface area contributed by atoms with E-state index in [1.54, 1.807) is 11.3 Å². The number of rotatable bonds is 3. The summed E-state index contributed by atoms with van der Waals surface area (Å²) in [6.07, 6.45) is 6.05. The van der Waals surface area contributed by atoms with Crippen molar-refractivity contribution >= 4 is 22.8 Å². The van der Waals surface area contributed by atoms with Gasteiger partial charge in [-0.15, -0.1) is 11.3 Å². The van der Waals surface area contributed by atoms with Crippen LogP contribution < -0.4 is 0 Å². The van der Waals surface area contributed by atoms with Gasteiger partial charge in [0.15, 0.2) is 0 Å². The highest BCUT2D eigenvalue weighted by Gasteiger charge is 2.53. The van der Waals surface area contributed by atoms with Gasteiger partial charge in [0.1, 0.15) is 0 Å². The second kappa shape index (κ2) is 8.21. The van der Waals surface area contributed by atoms with Gasteiger partial charge in [0.2, 0.25) is 0 Å². The van der Waals surface area contributed by atoms with Crippen molar-refractivity contribution < 1.29 is 4.79 Å². The zero-order valence-electron chi connectivity index (χ0n) is 20.1. The summed E-state index contributed by atoms with van der Waals surface area (Å²) in [7, 11) is 4.44. The molecule has 1 aliphatic heterocycles. The fourth-order valence-corrected chi connectivity index (χ4v) is 7.65. The molecule has 3 aliphatic rings. The second-order valence-corrected chi connectivity index (χ2v) is 11.2. The van der Waals surface area contributed by atoms with E-state index in [0.717, 1.165) is 49.9 Å². The molecule has 6 rings (SSSR count). The van der Waals surface area contributed by atoms with Gasteiger partial charge in [-0.05, 0) is 91.9 Å². The summed E-state index contributed by atoms with van der Waals surface area (Å²) in [6, 6.07) is 23.9. The first-order valence-electron chi connectivity index (χ1n) is 12.4. The topological polar surface area (TPSA) is 23.6 Å². The average Bonchev–Trinajstić information content (AvgIpc) is 3.54. The number of fused-ring (bicyclic) bond motifs is 3. The van der Waals surface area contributed by atoms with Crippen molar-refractivity contribution in [3.8, 4) is 0 Å². The molecule has 1 aromatic heterocycles. The summed E-state index contributed by atoms with van der Waals surface area (Å²) in [4.78, 5) is 19.4. The van der Waals surface area contributed by atoms with Gasteiger partial charge in [-0.2, -0.15) is 0 Å². The van der Waals surface area contributed by atoms with E-state index in [9.17, 15) is 4.79 Å². The molecule has 2 aromatic carbocycles. The van der Waals surface area contributed by atoms with Gasteiger partial charge in [0, 0.05) is 12.1 Å². The van der Waals surface area contributed by atoms with E-state index in [1.807, 2.05) is 17.5 Å². The lowest BCUT2D eigenvalue weighted by Gasteiger charge is -2.56. The van der Waals surface area contributed by atoms with Gasteiger partial charge in [-0.3, -0.25) is 9.69 Å². The Bertz CT molecular complexity index is 1230. The molecule has 1 saturated carbocycles. The number of amides is 1. The monoisotopic (exact) mass is 468 g/mol. The number of thiophene rings is 1. The third-order valence-corrected chi connectivity index (χ3v) is 9.64. The molecule has 2 heterocycles. The molecule has 1 spiro atoms. The predicted molar refractivity (Wildman–Crippen MR) is 140 cm³/mol. The van der Waals surface area contributed by atoms with Crippen LogP contribution >= 0.6 is 11.3 Å². The Labute approximate surface area is 206 Å². The van der Waals surface area contributed by atoms with Gasteiger partial charge in [0.05, 0.1) is 10.4 Å². The van der Waals surface area contributed by atoms with Gasteiger partial charge >= 0.3 is 0 Å². The van der Waals surface area contributed by atoms with Crippen LogP contribution in [0.3, 0.4) is 0 Å². The second-order valence-electron chi connectivity index (χ2n) is 10.3. The maximum atomic E-state index is 13.9. The number of carbonyl (C=O) groups is 1. The first kappa shape index (κ1) is 21.8. The van der Waals surface area contributed by atoms with Gasteiger partial charge < -0.3 is 4.90 Å². The zero-order chi connectivity index (χ0) is 23.3. The van der Waals surface area contributed by atoms with E-state index >= 15 is 0 Å². The highest BCUT2D eigenvalue weighted by atomic mass is 32.1. The van der Waals surface area contributed by atoms with Gasteiger partial charge in [-0.1, -0.05) is 60.7 Å². The Morgan fingerprint density at radius 3 is 2.35 bits per heavy atom. The summed E-state index contributed by atoms with van der Waals surface area (Å²) in [6.45, 7) is 0.810. The number of hydrogen-bond acceptors (Lipinski definition) is 3. The Kier molecular flexibility index (Phi) is 5.27. The Balaban J connectivity index is 1.43. The van der Waals surface area contributed by atoms with Crippen molar-refractivity contribution in [1.82, 2.24) is 9.80 Å². The Hall–Kier alpha value is -2.69. The summed E-state index contributed by atoms with van der Waals surface area (Å²) in [5.74, 6) is 0.217. The number of nitrogens with zero attached hydrogens (tertiary/aromatic N) is 2. The van der Waals surface area contributed by atoms with Crippen molar-refractivity contribution in [2.45, 2.75) is 49.6 Å². The van der Waals surface area contributed by atoms with E-state index in [2.05, 4.69) is 78.5 Å². The molecule has 0 bridgehead atoms. The zero-order valence-corrected chi connectivity index (χ0v) is 20.9. The van der Waals surface area contributed by atoms with Crippen LogP contribution in [0.2, 0.25) is 0 Å². The Morgan fingerprint density at radius 1 is 0.912 bits per heavy atom. The van der Waals surface area contributed by atoms with E-state index < -0.39 is 0 Å². The number of benzene rings is 2. The van der Waals surface area contributed by atoms with Crippen LogP contribution in [-0.4, -0.2) is 41.9 Å². The molecule has 0 radical (unpaired) electrons. The highest BCUT2D eigenvalue weighted by Crippen LogP contribution is 2.55. The summed E-state index contributed by atoms with van der Waals surface area (Å²) in [5.41, 5.74) is 7.10. The lowest BCUT2D eigenvalue weighted by Crippen LogP contribution is -2.60. The number of carbonyl (C=O) groups excluding carboxylic acids is 1. The smallest absolute Gasteiger partial charge is 0.264 e. The first-order chi connectivity index (χ1) is 16.6. The van der Waals surface area contributed by atoms with Crippen LogP contribution in [-0.2, 0) is 12.0 Å². The predicted octanol–water partition coefficient (Wildman–Crippen LogP) is 6.37. The molecule has 0 unspecified atom stereocenters. The summed E-state index contributed by atoms with van der Waals surface area (Å²) < 4.78 is 0. The van der Waals surface area contributed by atoms with Crippen LogP contribution in [0.5, 0.6) is 0 Å². The largest absolute Gasteiger partial charge is 0.328 e. The quantitative estimate of drug-likeness (QED) is 0.446. The Morgan fingerprint density at radius 2 is 1.65 bits per heavy atom. The molecular formula is C30H32N2OS. The molecule has 2 aliphatic carbocycles. The van der Waals surface area contributed by atoms with E-state index in [1.165, 1.54) is 27.8 Å². The van der Waals surface area contributed by atoms with Crippen LogP contribution in [0.4, 0.5) is 0 Å². The molecule has 174 valence electrons. The minimum absolute atomic E-state index is 0.00772. The summed E-state index contributed by atoms with van der Waals surface area (Å²) >= 11 is 1.57. The van der Waals surface area contributed by atoms with Crippen molar-refractivity contribution in [3.05, 3.63) is 99.3 Å². The third kappa shape index (κ3) is 3.15. The van der Waals surface area contributed by atoms with Crippen molar-refractivity contribution in [1.29, 1.82) is 0 Å². The maximum Gasteiger partial charge on any atom is 0.264 e. The molecular weight excluding hydrogens is 436 g/mol. The van der Waals surface area contributed by atoms with Gasteiger partial charge in [-0.25, -0.2) is 0 Å². The number of hydrogen-bond donors (Lipinski definition) is 0. The third-order valence-electron chi connectivity index (χ3n) is 8.79. The van der Waals surface area contributed by atoms with Crippen molar-refractivity contribution in [2.75, 3.05) is 20.6 Å². The normalized spacial score (nSPS) is 26.1. The standard InChI is InChI=1S/C30H32N2OS/c1-31(2)29(23-10-4-3-5-11-23)15-17-30(18-16-29)26-21-22-9-6-7-12-24(22)25(26)14-19-32(30)28(33)27-13-8-20-34-27/h3-13,20H,14-19,21H2,1-2H3. The maximum absolute atomic E-state index is 13.9. The highest BCUT2D eigenvalue weighted by molar-refractivity contribution is 7.12. The first-order valence-corrected chi connectivity index (χ1v) is 13.3. The van der Waals surface area contributed by atoms with Crippen LogP contribution in [0.25, 0.3) is 5.57 Å². The van der Waals surface area contributed by atoms with Crippen LogP contribution in [0, 0.1) is 0 Å². The van der Waals surface area contributed by atoms with E-state index in [4.69, 9.17) is 0 Å². The fourth-order valence-electron chi connectivity index (χ4n) is 6.98. The lowest BCUT2D eigenvalue weighted by molar-refractivity contribution is 0.00750. The fraction of sp³-hybridized carbons (Fsp3) is 0.367. The molecule has 0 saturated heterocycles. The molecule has 34 heavy (non-hydrogen) atoms. The lowest BCUT2D eigenvalue weighted by atomic mass is 9.63. The van der Waals surface area contributed by atoms with Gasteiger partial charge in [0.25, 0.3) is 5.91 Å². The van der Waals surface area contributed by atoms with Crippen molar-refractivity contribution in [3.63, 3.8) is 0 Å². The van der Waals surface area contributed by atoms with Crippen LogP contribution in [0.1, 0.15) is 58.5 Å². The molecule has 1 fully saturated rings. The molecule has 3 aromatic rings. The molecule has 1 amide bonds. The van der Waals surface area contributed by atoms with Crippen LogP contribution in [0.15, 0.2) is 77.7 Å². The van der Waals surface area contributed by atoms with E-state index in [0.29, 0.717) is 0 Å². The molecule has 4 heteroatoms. The van der Waals surface area contributed by atoms with E-state index in [-0.39, 0.29) is 17.0 Å².